The lowest BCUT2D eigenvalue weighted by Gasteiger charge is -2.46. The summed E-state index contributed by atoms with van der Waals surface area (Å²) in [6, 6.07) is -0.607. The first-order valence-corrected chi connectivity index (χ1v) is 8.78. The highest BCUT2D eigenvalue weighted by Crippen LogP contribution is 2.41. The first kappa shape index (κ1) is 19.2. The van der Waals surface area contributed by atoms with Crippen molar-refractivity contribution in [2.45, 2.75) is 40.0 Å². The number of nitrogens with zero attached hydrogens (tertiary/aromatic N) is 2. The molecule has 1 aliphatic heterocycles. The molecule has 0 unspecified atom stereocenters. The van der Waals surface area contributed by atoms with Crippen LogP contribution in [-0.2, 0) is 9.59 Å². The summed E-state index contributed by atoms with van der Waals surface area (Å²) >= 11 is 11.5. The minimum Gasteiger partial charge on any atom is -0.273 e. The zero-order valence-electron chi connectivity index (χ0n) is 13.4. The van der Waals surface area contributed by atoms with Crippen LogP contribution in [0.4, 0.5) is 4.79 Å². The predicted molar refractivity (Wildman–Crippen MR) is 87.1 cm³/mol. The van der Waals surface area contributed by atoms with Gasteiger partial charge in [-0.05, 0) is 18.8 Å². The summed E-state index contributed by atoms with van der Waals surface area (Å²) in [6.07, 6.45) is 1.96. The van der Waals surface area contributed by atoms with Gasteiger partial charge in [0.2, 0.25) is 11.8 Å². The molecule has 22 heavy (non-hydrogen) atoms. The van der Waals surface area contributed by atoms with Gasteiger partial charge in [0.1, 0.15) is 5.41 Å². The van der Waals surface area contributed by atoms with Crippen molar-refractivity contribution in [1.29, 1.82) is 0 Å². The molecule has 1 rings (SSSR count). The lowest BCUT2D eigenvalue weighted by atomic mass is 9.69. The summed E-state index contributed by atoms with van der Waals surface area (Å²) in [5.74, 6) is -0.703. The number of imide groups is 2. The largest absolute Gasteiger partial charge is 0.333 e. The topological polar surface area (TPSA) is 57.7 Å². The van der Waals surface area contributed by atoms with E-state index in [1.165, 1.54) is 0 Å². The van der Waals surface area contributed by atoms with E-state index in [4.69, 9.17) is 23.2 Å². The Balaban J connectivity index is 3.34. The van der Waals surface area contributed by atoms with E-state index in [1.54, 1.807) is 0 Å². The molecule has 0 radical (unpaired) electrons. The van der Waals surface area contributed by atoms with E-state index in [0.29, 0.717) is 6.42 Å². The molecule has 1 atom stereocenters. The van der Waals surface area contributed by atoms with Gasteiger partial charge in [-0.1, -0.05) is 27.2 Å². The first-order chi connectivity index (χ1) is 10.4. The van der Waals surface area contributed by atoms with Crippen molar-refractivity contribution >= 4 is 41.0 Å². The van der Waals surface area contributed by atoms with Gasteiger partial charge in [0.25, 0.3) is 0 Å². The smallest absolute Gasteiger partial charge is 0.273 e. The van der Waals surface area contributed by atoms with E-state index in [2.05, 4.69) is 0 Å². The molecule has 126 valence electrons. The average molecular weight is 351 g/mol. The van der Waals surface area contributed by atoms with Gasteiger partial charge in [0.15, 0.2) is 0 Å². The lowest BCUT2D eigenvalue weighted by Crippen LogP contribution is -2.67. The summed E-state index contributed by atoms with van der Waals surface area (Å²) in [5, 5.41) is 0. The molecule has 0 aliphatic carbocycles. The number of hydrogen-bond donors (Lipinski definition) is 0. The summed E-state index contributed by atoms with van der Waals surface area (Å²) in [7, 11) is 0. The highest BCUT2D eigenvalue weighted by Gasteiger charge is 2.58. The number of rotatable bonds is 8. The number of carbonyl (C=O) groups excluding carboxylic acids is 3. The maximum Gasteiger partial charge on any atom is 0.333 e. The van der Waals surface area contributed by atoms with E-state index in [0.717, 1.165) is 22.6 Å². The predicted octanol–water partition coefficient (Wildman–Crippen LogP) is 3.09. The Labute approximate surface area is 141 Å². The Bertz CT molecular complexity index is 415. The van der Waals surface area contributed by atoms with Crippen LogP contribution in [-0.4, -0.2) is 52.5 Å². The van der Waals surface area contributed by atoms with Crippen molar-refractivity contribution in [2.24, 2.45) is 11.3 Å². The second-order valence-electron chi connectivity index (χ2n) is 5.59. The monoisotopic (exact) mass is 350 g/mol. The molecular weight excluding hydrogens is 327 g/mol. The van der Waals surface area contributed by atoms with Crippen LogP contribution in [0.25, 0.3) is 0 Å². The number of halogens is 2. The fourth-order valence-electron chi connectivity index (χ4n) is 3.21. The normalized spacial score (nSPS) is 19.8. The summed E-state index contributed by atoms with van der Waals surface area (Å²) < 4.78 is 0. The van der Waals surface area contributed by atoms with Gasteiger partial charge in [-0.2, -0.15) is 0 Å². The molecule has 0 aromatic rings. The molecule has 0 spiro atoms. The van der Waals surface area contributed by atoms with Gasteiger partial charge in [-0.25, -0.2) is 4.79 Å². The zero-order valence-corrected chi connectivity index (χ0v) is 14.9. The van der Waals surface area contributed by atoms with Gasteiger partial charge in [-0.3, -0.25) is 19.4 Å². The van der Waals surface area contributed by atoms with Crippen molar-refractivity contribution in [3.63, 3.8) is 0 Å². The molecule has 1 fully saturated rings. The quantitative estimate of drug-likeness (QED) is 0.499. The average Bonchev–Trinajstić information content (AvgIpc) is 2.49. The van der Waals surface area contributed by atoms with E-state index in [1.807, 2.05) is 20.8 Å². The van der Waals surface area contributed by atoms with Crippen LogP contribution < -0.4 is 0 Å². The Morgan fingerprint density at radius 1 is 1.00 bits per heavy atom. The number of carbonyl (C=O) groups is 3. The highest BCUT2D eigenvalue weighted by molar-refractivity contribution is 6.22. The molecule has 1 saturated heterocycles. The van der Waals surface area contributed by atoms with Crippen molar-refractivity contribution in [1.82, 2.24) is 9.80 Å². The van der Waals surface area contributed by atoms with Crippen molar-refractivity contribution in [3.8, 4) is 0 Å². The second-order valence-corrected chi connectivity index (χ2v) is 6.34. The number of barbiturate groups is 1. The zero-order chi connectivity index (χ0) is 16.9. The van der Waals surface area contributed by atoms with Crippen LogP contribution in [0, 0.1) is 11.3 Å². The molecule has 1 heterocycles. The second kappa shape index (κ2) is 8.16. The number of hydrogen-bond acceptors (Lipinski definition) is 3. The minimum atomic E-state index is -1.19. The van der Waals surface area contributed by atoms with Gasteiger partial charge in [-0.15, -0.1) is 23.2 Å². The third-order valence-corrected chi connectivity index (χ3v) is 4.79. The van der Waals surface area contributed by atoms with E-state index in [9.17, 15) is 14.4 Å². The molecule has 0 N–H and O–H groups in total. The standard InChI is InChI=1S/C15H24Cl2N2O3/c1-4-6-11(3)15(5-2)12(20)18(9-7-16)14(22)19(10-8-17)13(15)21/h11H,4-10H2,1-3H3/t11-/m1/s1. The van der Waals surface area contributed by atoms with E-state index in [-0.39, 0.29) is 30.8 Å². The van der Waals surface area contributed by atoms with Crippen molar-refractivity contribution < 1.29 is 14.4 Å². The third kappa shape index (κ3) is 3.11. The lowest BCUT2D eigenvalue weighted by molar-refractivity contribution is -0.163. The summed E-state index contributed by atoms with van der Waals surface area (Å²) in [4.78, 5) is 40.5. The molecular formula is C15H24Cl2N2O3. The van der Waals surface area contributed by atoms with Crippen LogP contribution in [0.1, 0.15) is 40.0 Å². The first-order valence-electron chi connectivity index (χ1n) is 7.72. The molecule has 0 bridgehead atoms. The van der Waals surface area contributed by atoms with E-state index < -0.39 is 23.3 Å². The third-order valence-electron chi connectivity index (χ3n) is 4.45. The minimum absolute atomic E-state index is 0.103. The van der Waals surface area contributed by atoms with Crippen molar-refractivity contribution in [2.75, 3.05) is 24.8 Å². The number of urea groups is 1. The van der Waals surface area contributed by atoms with Gasteiger partial charge >= 0.3 is 6.03 Å². The molecule has 0 aromatic carbocycles. The molecule has 0 aromatic heterocycles. The Morgan fingerprint density at radius 3 is 1.77 bits per heavy atom. The van der Waals surface area contributed by atoms with Crippen LogP contribution in [0.5, 0.6) is 0 Å². The molecule has 5 nitrogen and oxygen atoms in total. The van der Waals surface area contributed by atoms with Crippen LogP contribution >= 0.6 is 23.2 Å². The maximum absolute atomic E-state index is 12.9. The van der Waals surface area contributed by atoms with Gasteiger partial charge < -0.3 is 0 Å². The fourth-order valence-corrected chi connectivity index (χ4v) is 3.55. The maximum atomic E-state index is 12.9. The SMILES string of the molecule is CCC[C@@H](C)C1(CC)C(=O)N(CCCl)C(=O)N(CCCl)C1=O. The molecule has 0 saturated carbocycles. The molecule has 4 amide bonds. The summed E-state index contributed by atoms with van der Waals surface area (Å²) in [5.41, 5.74) is -1.19. The number of amides is 4. The summed E-state index contributed by atoms with van der Waals surface area (Å²) in [6.45, 7) is 5.93. The number of alkyl halides is 2. The Hall–Kier alpha value is -0.810. The fraction of sp³-hybridized carbons (Fsp3) is 0.800. The van der Waals surface area contributed by atoms with Crippen LogP contribution in [0.2, 0.25) is 0 Å². The van der Waals surface area contributed by atoms with Crippen molar-refractivity contribution in [3.05, 3.63) is 0 Å². The van der Waals surface area contributed by atoms with E-state index >= 15 is 0 Å². The molecule has 1 aliphatic rings. The van der Waals surface area contributed by atoms with Gasteiger partial charge in [0.05, 0.1) is 0 Å². The molecule has 7 heteroatoms. The van der Waals surface area contributed by atoms with Gasteiger partial charge in [0, 0.05) is 24.8 Å². The van der Waals surface area contributed by atoms with Crippen LogP contribution in [0.15, 0.2) is 0 Å². The van der Waals surface area contributed by atoms with Crippen LogP contribution in [0.3, 0.4) is 0 Å². The Kier molecular flexibility index (Phi) is 7.13. The Morgan fingerprint density at radius 2 is 1.45 bits per heavy atom. The highest BCUT2D eigenvalue weighted by atomic mass is 35.5.